The van der Waals surface area contributed by atoms with Crippen LogP contribution in [0.15, 0.2) is 67.0 Å². The molecule has 0 aliphatic carbocycles. The van der Waals surface area contributed by atoms with E-state index in [0.29, 0.717) is 6.71 Å². The topological polar surface area (TPSA) is 17.8 Å². The Bertz CT molecular complexity index is 1090. The number of fused-ring (bicyclic) bond motifs is 5. The van der Waals surface area contributed by atoms with Crippen molar-refractivity contribution in [2.75, 3.05) is 0 Å². The van der Waals surface area contributed by atoms with Crippen LogP contribution < -0.4 is 16.4 Å². The summed E-state index contributed by atoms with van der Waals surface area (Å²) in [5.74, 6) is 0. The highest BCUT2D eigenvalue weighted by molar-refractivity contribution is 7.01. The van der Waals surface area contributed by atoms with Crippen LogP contribution in [0, 0.1) is 0 Å². The summed E-state index contributed by atoms with van der Waals surface area (Å²) in [5.41, 5.74) is 10.6. The van der Waals surface area contributed by atoms with Crippen LogP contribution in [0.4, 0.5) is 0 Å². The van der Waals surface area contributed by atoms with E-state index >= 15 is 0 Å². The van der Waals surface area contributed by atoms with Crippen LogP contribution in [-0.4, -0.2) is 16.3 Å². The van der Waals surface area contributed by atoms with E-state index in [1.165, 1.54) is 38.7 Å². The summed E-state index contributed by atoms with van der Waals surface area (Å²) in [7, 11) is 0. The monoisotopic (exact) mass is 278 g/mol. The van der Waals surface area contributed by atoms with Crippen molar-refractivity contribution in [2.24, 2.45) is 0 Å². The van der Waals surface area contributed by atoms with Crippen molar-refractivity contribution in [2.45, 2.75) is 0 Å². The summed E-state index contributed by atoms with van der Waals surface area (Å²) in [5, 5.41) is 0. The van der Waals surface area contributed by atoms with Crippen molar-refractivity contribution in [1.82, 2.24) is 9.55 Å². The molecule has 1 aromatic heterocycles. The third-order valence-electron chi connectivity index (χ3n) is 5.10. The lowest BCUT2D eigenvalue weighted by Gasteiger charge is -2.23. The average Bonchev–Trinajstić information content (AvgIpc) is 3.14. The molecule has 2 aliphatic rings. The number of para-hydroxylation sites is 1. The molecular formula is C19H11BN2. The molecule has 0 amide bonds. The molecule has 4 aromatic rings. The number of hydrogen-bond acceptors (Lipinski definition) is 1. The molecule has 0 saturated heterocycles. The Kier molecular flexibility index (Phi) is 1.73. The molecule has 2 aliphatic heterocycles. The molecule has 0 atom stereocenters. The number of aromatic nitrogens is 2. The summed E-state index contributed by atoms with van der Waals surface area (Å²) in [6.45, 7) is 0.343. The first-order chi connectivity index (χ1) is 10.9. The smallest absolute Gasteiger partial charge is 0.248 e. The lowest BCUT2D eigenvalue weighted by atomic mass is 9.37. The fraction of sp³-hybridized carbons (Fsp3) is 0. The molecule has 0 spiro atoms. The second-order valence-electron chi connectivity index (χ2n) is 6.09. The van der Waals surface area contributed by atoms with Crippen molar-refractivity contribution >= 4 is 34.1 Å². The van der Waals surface area contributed by atoms with E-state index < -0.39 is 0 Å². The van der Waals surface area contributed by atoms with Gasteiger partial charge in [0.1, 0.15) is 6.33 Å². The van der Waals surface area contributed by atoms with Gasteiger partial charge in [-0.1, -0.05) is 54.0 Å². The summed E-state index contributed by atoms with van der Waals surface area (Å²) in [6, 6.07) is 21.9. The number of nitrogens with zero attached hydrogens (tertiary/aromatic N) is 2. The maximum atomic E-state index is 4.60. The van der Waals surface area contributed by atoms with Gasteiger partial charge in [0.05, 0.1) is 11.0 Å². The molecule has 0 radical (unpaired) electrons. The van der Waals surface area contributed by atoms with E-state index in [4.69, 9.17) is 0 Å². The van der Waals surface area contributed by atoms with Gasteiger partial charge in [-0.25, -0.2) is 4.98 Å². The molecule has 22 heavy (non-hydrogen) atoms. The molecular weight excluding hydrogens is 267 g/mol. The Hall–Kier alpha value is -2.81. The van der Waals surface area contributed by atoms with Gasteiger partial charge in [0, 0.05) is 5.69 Å². The van der Waals surface area contributed by atoms with Gasteiger partial charge >= 0.3 is 0 Å². The van der Waals surface area contributed by atoms with Crippen molar-refractivity contribution in [3.8, 4) is 16.8 Å². The minimum Gasteiger partial charge on any atom is -0.300 e. The minimum atomic E-state index is 0.343. The Balaban J connectivity index is 1.89. The maximum absolute atomic E-state index is 4.60. The average molecular weight is 278 g/mol. The van der Waals surface area contributed by atoms with Gasteiger partial charge in [-0.05, 0) is 34.2 Å². The lowest BCUT2D eigenvalue weighted by Crippen LogP contribution is -2.53. The molecule has 100 valence electrons. The summed E-state index contributed by atoms with van der Waals surface area (Å²) in [6.07, 6.45) is 1.96. The van der Waals surface area contributed by atoms with Crippen LogP contribution in [0.25, 0.3) is 27.8 Å². The molecule has 0 bridgehead atoms. The Labute approximate surface area is 128 Å². The first-order valence-corrected chi connectivity index (χ1v) is 7.62. The molecule has 0 unspecified atom stereocenters. The fourth-order valence-corrected chi connectivity index (χ4v) is 4.28. The maximum Gasteiger partial charge on any atom is 0.248 e. The van der Waals surface area contributed by atoms with Crippen LogP contribution in [-0.2, 0) is 0 Å². The first kappa shape index (κ1) is 10.9. The van der Waals surface area contributed by atoms with E-state index in [1.807, 2.05) is 6.33 Å². The van der Waals surface area contributed by atoms with Crippen LogP contribution in [0.3, 0.4) is 0 Å². The molecule has 0 saturated carbocycles. The number of hydrogen-bond donors (Lipinski definition) is 0. The van der Waals surface area contributed by atoms with Gasteiger partial charge < -0.3 is 0 Å². The minimum absolute atomic E-state index is 0.343. The number of benzene rings is 3. The summed E-state index contributed by atoms with van der Waals surface area (Å²) in [4.78, 5) is 4.60. The second kappa shape index (κ2) is 3.50. The van der Waals surface area contributed by atoms with Gasteiger partial charge in [0.15, 0.2) is 0 Å². The fourth-order valence-electron chi connectivity index (χ4n) is 4.28. The van der Waals surface area contributed by atoms with E-state index in [0.717, 1.165) is 5.52 Å². The normalized spacial score (nSPS) is 13.4. The van der Waals surface area contributed by atoms with Crippen molar-refractivity contribution in [1.29, 1.82) is 0 Å². The predicted octanol–water partition coefficient (Wildman–Crippen LogP) is 1.84. The zero-order chi connectivity index (χ0) is 14.3. The van der Waals surface area contributed by atoms with Crippen LogP contribution in [0.1, 0.15) is 0 Å². The Morgan fingerprint density at radius 3 is 2.59 bits per heavy atom. The van der Waals surface area contributed by atoms with E-state index in [-0.39, 0.29) is 0 Å². The zero-order valence-electron chi connectivity index (χ0n) is 11.8. The zero-order valence-corrected chi connectivity index (χ0v) is 11.8. The highest BCUT2D eigenvalue weighted by Crippen LogP contribution is 2.30. The van der Waals surface area contributed by atoms with Crippen molar-refractivity contribution < 1.29 is 0 Å². The van der Waals surface area contributed by atoms with E-state index in [2.05, 4.69) is 70.2 Å². The first-order valence-electron chi connectivity index (χ1n) is 7.62. The standard InChI is InChI=1S/C19H11BN2/c1-2-7-14-12(5-1)13-6-3-10-17-18(13)20(14)15-8-4-9-16-19(15)22(17)11-21-16/h1-11H. The van der Waals surface area contributed by atoms with Gasteiger partial charge in [0.2, 0.25) is 6.71 Å². The van der Waals surface area contributed by atoms with Crippen molar-refractivity contribution in [3.63, 3.8) is 0 Å². The summed E-state index contributed by atoms with van der Waals surface area (Å²) >= 11 is 0. The Morgan fingerprint density at radius 2 is 1.59 bits per heavy atom. The van der Waals surface area contributed by atoms with Crippen molar-refractivity contribution in [3.05, 3.63) is 67.0 Å². The molecule has 6 rings (SSSR count). The van der Waals surface area contributed by atoms with E-state index in [1.54, 1.807) is 0 Å². The SMILES string of the molecule is c1ccc2c(c1)B1c3c-2cccc3-n2cnc3cccc1c32. The second-order valence-corrected chi connectivity index (χ2v) is 6.09. The molecule has 0 fully saturated rings. The van der Waals surface area contributed by atoms with Gasteiger partial charge in [-0.2, -0.15) is 0 Å². The molecule has 2 nitrogen and oxygen atoms in total. The highest BCUT2D eigenvalue weighted by Gasteiger charge is 2.39. The van der Waals surface area contributed by atoms with Crippen LogP contribution >= 0.6 is 0 Å². The highest BCUT2D eigenvalue weighted by atomic mass is 15.1. The number of rotatable bonds is 0. The molecule has 3 aromatic carbocycles. The van der Waals surface area contributed by atoms with Gasteiger partial charge in [0.25, 0.3) is 0 Å². The third kappa shape index (κ3) is 1.06. The third-order valence-corrected chi connectivity index (χ3v) is 5.10. The van der Waals surface area contributed by atoms with E-state index in [9.17, 15) is 0 Å². The molecule has 3 heterocycles. The van der Waals surface area contributed by atoms with Gasteiger partial charge in [-0.3, -0.25) is 4.57 Å². The van der Waals surface area contributed by atoms with Crippen LogP contribution in [0.2, 0.25) is 0 Å². The predicted molar refractivity (Wildman–Crippen MR) is 91.2 cm³/mol. The number of imidazole rings is 1. The lowest BCUT2D eigenvalue weighted by molar-refractivity contribution is 1.10. The quantitative estimate of drug-likeness (QED) is 0.388. The molecule has 0 N–H and O–H groups in total. The van der Waals surface area contributed by atoms with Gasteiger partial charge in [-0.15, -0.1) is 0 Å². The summed E-state index contributed by atoms with van der Waals surface area (Å²) < 4.78 is 2.26. The Morgan fingerprint density at radius 1 is 0.773 bits per heavy atom. The largest absolute Gasteiger partial charge is 0.300 e. The molecule has 3 heteroatoms. The van der Waals surface area contributed by atoms with Crippen LogP contribution in [0.5, 0.6) is 0 Å².